The van der Waals surface area contributed by atoms with E-state index in [-0.39, 0.29) is 42.9 Å². The van der Waals surface area contributed by atoms with Crippen molar-refractivity contribution in [3.8, 4) is 0 Å². The maximum absolute atomic E-state index is 13.0. The van der Waals surface area contributed by atoms with Gasteiger partial charge in [0, 0.05) is 38.1 Å². The van der Waals surface area contributed by atoms with E-state index in [1.807, 2.05) is 20.0 Å². The lowest BCUT2D eigenvalue weighted by Crippen LogP contribution is -2.46. The number of hydrogen-bond acceptors (Lipinski definition) is 2. The topological polar surface area (TPSA) is 54.2 Å². The van der Waals surface area contributed by atoms with Gasteiger partial charge in [0.1, 0.15) is 5.82 Å². The molecule has 27 heavy (non-hydrogen) atoms. The number of unbranched alkanes of at least 4 members (excludes halogenated alkanes) is 1. The molecule has 5 nitrogen and oxygen atoms in total. The summed E-state index contributed by atoms with van der Waals surface area (Å²) in [5.41, 5.74) is 0. The van der Waals surface area contributed by atoms with Gasteiger partial charge in [-0.15, -0.1) is 24.0 Å². The maximum atomic E-state index is 13.0. The summed E-state index contributed by atoms with van der Waals surface area (Å²) in [6.07, 6.45) is 3.30. The first-order valence-electron chi connectivity index (χ1n) is 9.49. The van der Waals surface area contributed by atoms with Crippen molar-refractivity contribution >= 4 is 29.9 Å². The number of rotatable bonds is 7. The molecule has 9 heteroatoms. The first-order chi connectivity index (χ1) is 12.4. The van der Waals surface area contributed by atoms with E-state index in [9.17, 15) is 13.2 Å². The van der Waals surface area contributed by atoms with Crippen LogP contribution in [-0.2, 0) is 6.54 Å². The largest absolute Gasteiger partial charge is 0.391 e. The van der Waals surface area contributed by atoms with Crippen molar-refractivity contribution in [1.82, 2.24) is 20.2 Å². The van der Waals surface area contributed by atoms with Gasteiger partial charge < -0.3 is 15.2 Å². The van der Waals surface area contributed by atoms with Crippen molar-refractivity contribution in [1.29, 1.82) is 0 Å². The summed E-state index contributed by atoms with van der Waals surface area (Å²) in [6.45, 7) is 6.18. The van der Waals surface area contributed by atoms with Crippen LogP contribution in [-0.4, -0.2) is 40.8 Å². The van der Waals surface area contributed by atoms with E-state index in [4.69, 9.17) is 0 Å². The van der Waals surface area contributed by atoms with Crippen LogP contribution in [0.25, 0.3) is 0 Å². The average Bonchev–Trinajstić information content (AvgIpc) is 2.99. The van der Waals surface area contributed by atoms with Crippen molar-refractivity contribution in [2.75, 3.05) is 13.1 Å². The molecule has 1 aromatic heterocycles. The Morgan fingerprint density at radius 3 is 2.74 bits per heavy atom. The summed E-state index contributed by atoms with van der Waals surface area (Å²) < 4.78 is 41.0. The first-order valence-corrected chi connectivity index (χ1v) is 9.49. The van der Waals surface area contributed by atoms with Gasteiger partial charge in [0.05, 0.1) is 5.92 Å². The van der Waals surface area contributed by atoms with Gasteiger partial charge >= 0.3 is 6.18 Å². The second-order valence-electron chi connectivity index (χ2n) is 6.88. The standard InChI is InChI=1S/C18H30F3N5.HI/c1-3-22-17(24-9-4-5-11-26-12-10-23-14(26)2)25-16-8-6-7-15(13-16)18(19,20)21;/h10,12,15-16H,3-9,11,13H2,1-2H3,(H2,22,24,25);1H. The van der Waals surface area contributed by atoms with E-state index in [1.54, 1.807) is 6.20 Å². The lowest BCUT2D eigenvalue weighted by Gasteiger charge is -2.31. The number of guanidine groups is 1. The molecule has 0 aliphatic heterocycles. The first kappa shape index (κ1) is 24.0. The highest BCUT2D eigenvalue weighted by Crippen LogP contribution is 2.37. The van der Waals surface area contributed by atoms with Gasteiger partial charge in [-0.1, -0.05) is 6.42 Å². The highest BCUT2D eigenvalue weighted by atomic mass is 127. The Hall–Kier alpha value is -1.00. The highest BCUT2D eigenvalue weighted by molar-refractivity contribution is 14.0. The van der Waals surface area contributed by atoms with Crippen LogP contribution < -0.4 is 10.6 Å². The summed E-state index contributed by atoms with van der Waals surface area (Å²) >= 11 is 0. The van der Waals surface area contributed by atoms with E-state index in [1.165, 1.54) is 0 Å². The minimum Gasteiger partial charge on any atom is -0.357 e. The molecule has 1 fully saturated rings. The minimum atomic E-state index is -4.10. The minimum absolute atomic E-state index is 0. The van der Waals surface area contributed by atoms with Crippen molar-refractivity contribution in [3.05, 3.63) is 18.2 Å². The van der Waals surface area contributed by atoms with Gasteiger partial charge in [-0.2, -0.15) is 13.2 Å². The normalized spacial score (nSPS) is 20.9. The summed E-state index contributed by atoms with van der Waals surface area (Å²) in [4.78, 5) is 8.72. The average molecular weight is 501 g/mol. The number of halogens is 4. The molecule has 0 radical (unpaired) electrons. The molecule has 1 aliphatic rings. The zero-order valence-electron chi connectivity index (χ0n) is 16.1. The van der Waals surface area contributed by atoms with Gasteiger partial charge in [-0.05, 0) is 46.0 Å². The molecule has 0 amide bonds. The fourth-order valence-electron chi connectivity index (χ4n) is 3.36. The third-order valence-corrected chi connectivity index (χ3v) is 4.82. The molecule has 0 aromatic carbocycles. The quantitative estimate of drug-likeness (QED) is 0.254. The van der Waals surface area contributed by atoms with Crippen LogP contribution in [0.2, 0.25) is 0 Å². The molecule has 1 heterocycles. The third kappa shape index (κ3) is 8.27. The Bertz CT molecular complexity index is 574. The SMILES string of the molecule is CCNC(=NCCCCn1ccnc1C)NC1CCCC(C(F)(F)F)C1.I. The van der Waals surface area contributed by atoms with Crippen LogP contribution in [0.1, 0.15) is 51.3 Å². The number of nitrogens with one attached hydrogen (secondary N) is 2. The Labute approximate surface area is 176 Å². The van der Waals surface area contributed by atoms with E-state index in [0.717, 1.165) is 31.6 Å². The fourth-order valence-corrected chi connectivity index (χ4v) is 3.36. The van der Waals surface area contributed by atoms with Crippen LogP contribution in [0, 0.1) is 12.8 Å². The van der Waals surface area contributed by atoms with Crippen LogP contribution >= 0.6 is 24.0 Å². The molecule has 1 aromatic rings. The summed E-state index contributed by atoms with van der Waals surface area (Å²) in [7, 11) is 0. The molecule has 2 rings (SSSR count). The molecule has 0 spiro atoms. The number of aliphatic imine (C=N–C) groups is 1. The Morgan fingerprint density at radius 1 is 1.33 bits per heavy atom. The summed E-state index contributed by atoms with van der Waals surface area (Å²) in [5, 5.41) is 6.34. The van der Waals surface area contributed by atoms with Crippen LogP contribution in [0.4, 0.5) is 13.2 Å². The van der Waals surface area contributed by atoms with Crippen molar-refractivity contribution in [2.24, 2.45) is 10.9 Å². The second kappa shape index (κ2) is 11.8. The Kier molecular flexibility index (Phi) is 10.5. The number of imidazole rings is 1. The van der Waals surface area contributed by atoms with Gasteiger partial charge in [0.15, 0.2) is 5.96 Å². The molecule has 1 saturated carbocycles. The zero-order valence-corrected chi connectivity index (χ0v) is 18.4. The smallest absolute Gasteiger partial charge is 0.357 e. The predicted octanol–water partition coefficient (Wildman–Crippen LogP) is 4.27. The van der Waals surface area contributed by atoms with E-state index in [2.05, 4.69) is 25.2 Å². The number of hydrogen-bond donors (Lipinski definition) is 2. The number of aryl methyl sites for hydroxylation is 2. The predicted molar refractivity (Wildman–Crippen MR) is 113 cm³/mol. The van der Waals surface area contributed by atoms with E-state index < -0.39 is 12.1 Å². The molecule has 2 unspecified atom stereocenters. The van der Waals surface area contributed by atoms with Crippen molar-refractivity contribution in [2.45, 2.75) is 71.1 Å². The number of alkyl halides is 3. The number of aromatic nitrogens is 2. The monoisotopic (exact) mass is 501 g/mol. The van der Waals surface area contributed by atoms with Crippen molar-refractivity contribution < 1.29 is 13.2 Å². The van der Waals surface area contributed by atoms with E-state index >= 15 is 0 Å². The van der Waals surface area contributed by atoms with Crippen LogP contribution in [0.5, 0.6) is 0 Å². The van der Waals surface area contributed by atoms with Crippen LogP contribution in [0.15, 0.2) is 17.4 Å². The zero-order chi connectivity index (χ0) is 19.0. The molecule has 1 aliphatic carbocycles. The highest BCUT2D eigenvalue weighted by Gasteiger charge is 2.42. The molecular formula is C18H31F3IN5. The lowest BCUT2D eigenvalue weighted by molar-refractivity contribution is -0.183. The Balaban J connectivity index is 0.00000364. The summed E-state index contributed by atoms with van der Waals surface area (Å²) in [5.74, 6) is 0.425. The molecule has 0 saturated heterocycles. The molecule has 156 valence electrons. The Morgan fingerprint density at radius 2 is 2.11 bits per heavy atom. The molecule has 2 atom stereocenters. The van der Waals surface area contributed by atoms with Gasteiger partial charge in [0.2, 0.25) is 0 Å². The third-order valence-electron chi connectivity index (χ3n) is 4.82. The van der Waals surface area contributed by atoms with Gasteiger partial charge in [-0.25, -0.2) is 4.98 Å². The van der Waals surface area contributed by atoms with Gasteiger partial charge in [0.25, 0.3) is 0 Å². The summed E-state index contributed by atoms with van der Waals surface area (Å²) in [6, 6.07) is -0.165. The lowest BCUT2D eigenvalue weighted by atomic mass is 9.85. The maximum Gasteiger partial charge on any atom is 0.391 e. The second-order valence-corrected chi connectivity index (χ2v) is 6.88. The van der Waals surface area contributed by atoms with Crippen molar-refractivity contribution in [3.63, 3.8) is 0 Å². The van der Waals surface area contributed by atoms with Crippen LogP contribution in [0.3, 0.4) is 0 Å². The van der Waals surface area contributed by atoms with Gasteiger partial charge in [-0.3, -0.25) is 4.99 Å². The number of nitrogens with zero attached hydrogens (tertiary/aromatic N) is 3. The molecule has 0 bridgehead atoms. The van der Waals surface area contributed by atoms with E-state index in [0.29, 0.717) is 25.5 Å². The molecule has 2 N–H and O–H groups in total. The fraction of sp³-hybridized carbons (Fsp3) is 0.778. The molecular weight excluding hydrogens is 470 g/mol.